The van der Waals surface area contributed by atoms with Crippen molar-refractivity contribution in [2.45, 2.75) is 6.92 Å². The average Bonchev–Trinajstić information content (AvgIpc) is 3.03. The van der Waals surface area contributed by atoms with E-state index < -0.39 is 11.9 Å². The fraction of sp³-hybridized carbons (Fsp3) is 0.0500. The highest BCUT2D eigenvalue weighted by molar-refractivity contribution is 6.03. The molecule has 0 aliphatic heterocycles. The molecule has 0 spiro atoms. The van der Waals surface area contributed by atoms with E-state index >= 15 is 0 Å². The van der Waals surface area contributed by atoms with Crippen molar-refractivity contribution in [1.29, 1.82) is 0 Å². The van der Waals surface area contributed by atoms with Crippen LogP contribution in [0.15, 0.2) is 66.4 Å². The fourth-order valence-corrected chi connectivity index (χ4v) is 2.51. The second-order valence-electron chi connectivity index (χ2n) is 5.66. The number of carboxylic acid groups (broad SMARTS) is 1. The average molecular weight is 347 g/mol. The first-order valence-corrected chi connectivity index (χ1v) is 7.98. The lowest BCUT2D eigenvalue weighted by Gasteiger charge is -2.07. The molecule has 3 aromatic rings. The first kappa shape index (κ1) is 17.2. The van der Waals surface area contributed by atoms with Gasteiger partial charge in [0.25, 0.3) is 5.91 Å². The van der Waals surface area contributed by atoms with Gasteiger partial charge >= 0.3 is 5.97 Å². The summed E-state index contributed by atoms with van der Waals surface area (Å²) in [5.74, 6) is -1.71. The van der Waals surface area contributed by atoms with E-state index in [9.17, 15) is 14.7 Å². The smallest absolute Gasteiger partial charge is 0.352 e. The Balaban J connectivity index is 1.97. The highest BCUT2D eigenvalue weighted by Crippen LogP contribution is 2.25. The van der Waals surface area contributed by atoms with Crippen molar-refractivity contribution in [1.82, 2.24) is 15.5 Å². The van der Waals surface area contributed by atoms with Gasteiger partial charge in [-0.15, -0.1) is 0 Å². The second-order valence-corrected chi connectivity index (χ2v) is 5.66. The van der Waals surface area contributed by atoms with Crippen LogP contribution >= 0.6 is 0 Å². The first-order valence-electron chi connectivity index (χ1n) is 7.98. The highest BCUT2D eigenvalue weighted by atomic mass is 16.4. The van der Waals surface area contributed by atoms with Gasteiger partial charge in [-0.3, -0.25) is 9.89 Å². The number of carbonyl (C=O) groups excluding carboxylic acids is 1. The molecule has 0 unspecified atom stereocenters. The van der Waals surface area contributed by atoms with Gasteiger partial charge in [-0.1, -0.05) is 48.5 Å². The number of rotatable bonds is 5. The van der Waals surface area contributed by atoms with Crippen LogP contribution in [0.25, 0.3) is 17.3 Å². The SMILES string of the molecule is Cc1[nH]nc(-c2ccccc2)c1/C=C(/NC(=O)c1ccccc1)C(=O)O. The Kier molecular flexibility index (Phi) is 4.94. The Bertz CT molecular complexity index is 960. The molecule has 0 fully saturated rings. The summed E-state index contributed by atoms with van der Waals surface area (Å²) in [5, 5.41) is 19.1. The predicted octanol–water partition coefficient (Wildman–Crippen LogP) is 3.24. The summed E-state index contributed by atoms with van der Waals surface area (Å²) >= 11 is 0. The molecular weight excluding hydrogens is 330 g/mol. The number of aryl methyl sites for hydroxylation is 1. The minimum absolute atomic E-state index is 0.222. The van der Waals surface area contributed by atoms with Crippen molar-refractivity contribution in [3.8, 4) is 11.3 Å². The number of aliphatic carboxylic acids is 1. The number of carbonyl (C=O) groups is 2. The van der Waals surface area contributed by atoms with Gasteiger partial charge in [0.1, 0.15) is 5.70 Å². The Morgan fingerprint density at radius 2 is 1.65 bits per heavy atom. The Morgan fingerprint density at radius 3 is 2.27 bits per heavy atom. The lowest BCUT2D eigenvalue weighted by Crippen LogP contribution is -2.27. The van der Waals surface area contributed by atoms with Gasteiger partial charge in [0, 0.05) is 22.4 Å². The third kappa shape index (κ3) is 3.70. The maximum Gasteiger partial charge on any atom is 0.352 e. The number of nitrogens with one attached hydrogen (secondary N) is 2. The summed E-state index contributed by atoms with van der Waals surface area (Å²) in [7, 11) is 0. The number of aromatic amines is 1. The number of benzene rings is 2. The van der Waals surface area contributed by atoms with Crippen LogP contribution in [0, 0.1) is 6.92 Å². The summed E-state index contributed by atoms with van der Waals surface area (Å²) in [6, 6.07) is 17.9. The summed E-state index contributed by atoms with van der Waals surface area (Å²) in [6.45, 7) is 1.80. The number of hydrogen-bond donors (Lipinski definition) is 3. The molecule has 0 atom stereocenters. The zero-order valence-electron chi connectivity index (χ0n) is 14.1. The van der Waals surface area contributed by atoms with Gasteiger partial charge < -0.3 is 10.4 Å². The molecule has 3 N–H and O–H groups in total. The van der Waals surface area contributed by atoms with Crippen molar-refractivity contribution < 1.29 is 14.7 Å². The Morgan fingerprint density at radius 1 is 1.04 bits per heavy atom. The van der Waals surface area contributed by atoms with Gasteiger partial charge in [-0.2, -0.15) is 5.10 Å². The maximum atomic E-state index is 12.3. The number of carboxylic acids is 1. The number of amides is 1. The normalized spacial score (nSPS) is 11.2. The monoisotopic (exact) mass is 347 g/mol. The van der Waals surface area contributed by atoms with Crippen LogP contribution in [0.3, 0.4) is 0 Å². The van der Waals surface area contributed by atoms with Gasteiger partial charge in [0.15, 0.2) is 0 Å². The van der Waals surface area contributed by atoms with E-state index in [2.05, 4.69) is 15.5 Å². The lowest BCUT2D eigenvalue weighted by atomic mass is 10.0. The largest absolute Gasteiger partial charge is 0.477 e. The molecule has 1 heterocycles. The van der Waals surface area contributed by atoms with Gasteiger partial charge in [0.05, 0.1) is 5.69 Å². The van der Waals surface area contributed by atoms with Crippen molar-refractivity contribution in [3.63, 3.8) is 0 Å². The number of H-pyrrole nitrogens is 1. The maximum absolute atomic E-state index is 12.3. The molecule has 6 nitrogen and oxygen atoms in total. The van der Waals surface area contributed by atoms with E-state index in [1.54, 1.807) is 37.3 Å². The summed E-state index contributed by atoms with van der Waals surface area (Å²) < 4.78 is 0. The molecule has 0 saturated carbocycles. The molecule has 130 valence electrons. The van der Waals surface area contributed by atoms with Crippen LogP contribution in [0.5, 0.6) is 0 Å². The van der Waals surface area contributed by atoms with Crippen LogP contribution in [0.4, 0.5) is 0 Å². The van der Waals surface area contributed by atoms with E-state index in [4.69, 9.17) is 0 Å². The Hall–Kier alpha value is -3.67. The highest BCUT2D eigenvalue weighted by Gasteiger charge is 2.17. The molecule has 3 rings (SSSR count). The predicted molar refractivity (Wildman–Crippen MR) is 98.3 cm³/mol. The number of aromatic nitrogens is 2. The molecule has 0 bridgehead atoms. The zero-order chi connectivity index (χ0) is 18.5. The van der Waals surface area contributed by atoms with Gasteiger partial charge in [0.2, 0.25) is 0 Å². The van der Waals surface area contributed by atoms with E-state index in [0.29, 0.717) is 22.5 Å². The van der Waals surface area contributed by atoms with Crippen LogP contribution in [-0.2, 0) is 4.79 Å². The van der Waals surface area contributed by atoms with E-state index in [1.807, 2.05) is 30.3 Å². The topological polar surface area (TPSA) is 95.1 Å². The first-order chi connectivity index (χ1) is 12.6. The molecule has 2 aromatic carbocycles. The van der Waals surface area contributed by atoms with Crippen LogP contribution in [0.1, 0.15) is 21.6 Å². The van der Waals surface area contributed by atoms with Gasteiger partial charge in [-0.25, -0.2) is 4.79 Å². The van der Waals surface area contributed by atoms with Crippen molar-refractivity contribution in [2.24, 2.45) is 0 Å². The van der Waals surface area contributed by atoms with Crippen LogP contribution < -0.4 is 5.32 Å². The third-order valence-corrected chi connectivity index (χ3v) is 3.85. The molecule has 1 amide bonds. The quantitative estimate of drug-likeness (QED) is 0.618. The van der Waals surface area contributed by atoms with E-state index in [0.717, 1.165) is 5.56 Å². The molecule has 0 aliphatic rings. The van der Waals surface area contributed by atoms with Crippen molar-refractivity contribution in [3.05, 3.63) is 83.2 Å². The zero-order valence-corrected chi connectivity index (χ0v) is 14.1. The van der Waals surface area contributed by atoms with Crippen LogP contribution in [-0.4, -0.2) is 27.2 Å². The Labute approximate surface area is 150 Å². The number of hydrogen-bond acceptors (Lipinski definition) is 3. The van der Waals surface area contributed by atoms with Crippen molar-refractivity contribution in [2.75, 3.05) is 0 Å². The summed E-state index contributed by atoms with van der Waals surface area (Å²) in [5.41, 5.74) is 2.95. The molecule has 6 heteroatoms. The fourth-order valence-electron chi connectivity index (χ4n) is 2.51. The minimum atomic E-state index is -1.23. The summed E-state index contributed by atoms with van der Waals surface area (Å²) in [6.07, 6.45) is 1.42. The lowest BCUT2D eigenvalue weighted by molar-refractivity contribution is -0.132. The van der Waals surface area contributed by atoms with Gasteiger partial charge in [-0.05, 0) is 25.1 Å². The van der Waals surface area contributed by atoms with E-state index in [1.165, 1.54) is 6.08 Å². The standard InChI is InChI=1S/C20H17N3O3/c1-13-16(18(23-22-13)14-8-4-2-5-9-14)12-17(20(25)26)21-19(24)15-10-6-3-7-11-15/h2-12H,1H3,(H,21,24)(H,22,23)(H,25,26)/b17-12+. The second kappa shape index (κ2) is 7.48. The summed E-state index contributed by atoms with van der Waals surface area (Å²) in [4.78, 5) is 23.9. The van der Waals surface area contributed by atoms with E-state index in [-0.39, 0.29) is 5.70 Å². The molecule has 26 heavy (non-hydrogen) atoms. The third-order valence-electron chi connectivity index (χ3n) is 3.85. The molecule has 0 radical (unpaired) electrons. The molecular formula is C20H17N3O3. The minimum Gasteiger partial charge on any atom is -0.477 e. The molecule has 0 saturated heterocycles. The molecule has 0 aliphatic carbocycles. The van der Waals surface area contributed by atoms with Crippen molar-refractivity contribution >= 4 is 18.0 Å². The number of nitrogens with zero attached hydrogens (tertiary/aromatic N) is 1. The molecule has 1 aromatic heterocycles. The van der Waals surface area contributed by atoms with Crippen LogP contribution in [0.2, 0.25) is 0 Å².